The molecular formula is C7H10N4O3S. The fourth-order valence-corrected chi connectivity index (χ4v) is 1.55. The van der Waals surface area contributed by atoms with Gasteiger partial charge in [0.15, 0.2) is 5.13 Å². The maximum absolute atomic E-state index is 10.4. The van der Waals surface area contributed by atoms with E-state index in [-0.39, 0.29) is 10.9 Å². The van der Waals surface area contributed by atoms with Gasteiger partial charge in [-0.25, -0.2) is 4.98 Å². The van der Waals surface area contributed by atoms with Gasteiger partial charge >= 0.3 is 5.00 Å². The van der Waals surface area contributed by atoms with Crippen LogP contribution in [-0.4, -0.2) is 22.4 Å². The molecule has 0 aliphatic heterocycles. The van der Waals surface area contributed by atoms with Gasteiger partial charge in [0, 0.05) is 13.0 Å². The smallest absolute Gasteiger partial charge is 0.345 e. The van der Waals surface area contributed by atoms with E-state index in [1.165, 1.54) is 6.20 Å². The number of nitrogens with zero attached hydrogens (tertiary/aromatic N) is 2. The van der Waals surface area contributed by atoms with Crippen LogP contribution < -0.4 is 11.1 Å². The number of amides is 1. The molecule has 0 bridgehead atoms. The highest BCUT2D eigenvalue weighted by Crippen LogP contribution is 2.24. The Balaban J connectivity index is 2.31. The van der Waals surface area contributed by atoms with E-state index in [1.54, 1.807) is 0 Å². The number of rotatable bonds is 6. The fraction of sp³-hybridized carbons (Fsp3) is 0.429. The number of carbonyl (C=O) groups is 1. The molecule has 0 atom stereocenters. The van der Waals surface area contributed by atoms with Crippen LogP contribution in [0.15, 0.2) is 6.20 Å². The highest BCUT2D eigenvalue weighted by Gasteiger charge is 2.10. The normalized spacial score (nSPS) is 9.87. The quantitative estimate of drug-likeness (QED) is 0.425. The second-order valence-electron chi connectivity index (χ2n) is 2.76. The summed E-state index contributed by atoms with van der Waals surface area (Å²) < 4.78 is 0. The fourth-order valence-electron chi connectivity index (χ4n) is 0.890. The number of hydrogen-bond donors (Lipinski definition) is 2. The Morgan fingerprint density at radius 3 is 3.00 bits per heavy atom. The lowest BCUT2D eigenvalue weighted by Crippen LogP contribution is -2.12. The van der Waals surface area contributed by atoms with Crippen molar-refractivity contribution in [1.82, 2.24) is 4.98 Å². The van der Waals surface area contributed by atoms with Crippen molar-refractivity contribution < 1.29 is 9.72 Å². The van der Waals surface area contributed by atoms with Crippen molar-refractivity contribution in [2.75, 3.05) is 11.9 Å². The molecule has 0 saturated heterocycles. The van der Waals surface area contributed by atoms with Crippen molar-refractivity contribution in [2.24, 2.45) is 5.73 Å². The predicted octanol–water partition coefficient (Wildman–Crippen LogP) is 0.729. The van der Waals surface area contributed by atoms with E-state index in [4.69, 9.17) is 5.73 Å². The number of aromatic nitrogens is 1. The molecule has 15 heavy (non-hydrogen) atoms. The van der Waals surface area contributed by atoms with Gasteiger partial charge in [-0.15, -0.1) is 0 Å². The molecular weight excluding hydrogens is 220 g/mol. The summed E-state index contributed by atoms with van der Waals surface area (Å²) in [5.74, 6) is -0.359. The molecule has 1 aromatic heterocycles. The van der Waals surface area contributed by atoms with Crippen LogP contribution in [0.3, 0.4) is 0 Å². The van der Waals surface area contributed by atoms with Gasteiger partial charge in [-0.2, -0.15) is 0 Å². The molecule has 0 aromatic carbocycles. The molecule has 0 fully saturated rings. The van der Waals surface area contributed by atoms with E-state index in [1.807, 2.05) is 0 Å². The minimum Gasteiger partial charge on any atom is -0.370 e. The van der Waals surface area contributed by atoms with Crippen LogP contribution in [0.5, 0.6) is 0 Å². The molecule has 0 aliphatic carbocycles. The summed E-state index contributed by atoms with van der Waals surface area (Å²) >= 11 is 0.962. The molecule has 0 radical (unpaired) electrons. The third kappa shape index (κ3) is 3.90. The van der Waals surface area contributed by atoms with E-state index in [9.17, 15) is 14.9 Å². The number of nitro groups is 1. The molecule has 7 nitrogen and oxygen atoms in total. The zero-order valence-corrected chi connectivity index (χ0v) is 8.62. The second-order valence-corrected chi connectivity index (χ2v) is 3.77. The SMILES string of the molecule is NC(=O)CCCNc1ncc([N+](=O)[O-])s1. The number of hydrogen-bond acceptors (Lipinski definition) is 6. The summed E-state index contributed by atoms with van der Waals surface area (Å²) in [5.41, 5.74) is 4.95. The monoisotopic (exact) mass is 230 g/mol. The molecule has 1 amide bonds. The number of anilines is 1. The Bertz CT molecular complexity index is 365. The van der Waals surface area contributed by atoms with Crippen LogP contribution in [-0.2, 0) is 4.79 Å². The summed E-state index contributed by atoms with van der Waals surface area (Å²) in [7, 11) is 0. The number of thiazole rings is 1. The van der Waals surface area contributed by atoms with Crippen LogP contribution in [0, 0.1) is 10.1 Å². The largest absolute Gasteiger partial charge is 0.370 e. The summed E-state index contributed by atoms with van der Waals surface area (Å²) in [6.07, 6.45) is 2.07. The first-order chi connectivity index (χ1) is 7.09. The van der Waals surface area contributed by atoms with Gasteiger partial charge in [0.05, 0.1) is 4.92 Å². The topological polar surface area (TPSA) is 111 Å². The first-order valence-corrected chi connectivity index (χ1v) is 5.03. The highest BCUT2D eigenvalue weighted by atomic mass is 32.1. The molecule has 3 N–H and O–H groups in total. The third-order valence-corrected chi connectivity index (χ3v) is 2.46. The van der Waals surface area contributed by atoms with E-state index in [2.05, 4.69) is 10.3 Å². The molecule has 0 saturated carbocycles. The zero-order valence-electron chi connectivity index (χ0n) is 7.80. The lowest BCUT2D eigenvalue weighted by molar-refractivity contribution is -0.380. The van der Waals surface area contributed by atoms with Crippen LogP contribution in [0.25, 0.3) is 0 Å². The summed E-state index contributed by atoms with van der Waals surface area (Å²) in [6, 6.07) is 0. The Labute approximate surface area is 89.5 Å². The molecule has 0 spiro atoms. The first kappa shape index (κ1) is 11.4. The Morgan fingerprint density at radius 2 is 2.47 bits per heavy atom. The Kier molecular flexibility index (Phi) is 3.98. The van der Waals surface area contributed by atoms with Crippen molar-refractivity contribution in [3.63, 3.8) is 0 Å². The molecule has 0 unspecified atom stereocenters. The zero-order chi connectivity index (χ0) is 11.3. The van der Waals surface area contributed by atoms with E-state index in [0.717, 1.165) is 11.3 Å². The Morgan fingerprint density at radius 1 is 1.73 bits per heavy atom. The van der Waals surface area contributed by atoms with Crippen LogP contribution in [0.4, 0.5) is 10.1 Å². The molecule has 8 heteroatoms. The van der Waals surface area contributed by atoms with Gasteiger partial charge in [-0.3, -0.25) is 14.9 Å². The maximum Gasteiger partial charge on any atom is 0.345 e. The van der Waals surface area contributed by atoms with Gasteiger partial charge in [0.1, 0.15) is 6.20 Å². The third-order valence-electron chi connectivity index (χ3n) is 1.55. The second kappa shape index (κ2) is 5.25. The van der Waals surface area contributed by atoms with Crippen molar-refractivity contribution in [3.05, 3.63) is 16.3 Å². The van der Waals surface area contributed by atoms with Crippen molar-refractivity contribution in [2.45, 2.75) is 12.8 Å². The van der Waals surface area contributed by atoms with E-state index < -0.39 is 4.92 Å². The van der Waals surface area contributed by atoms with Crippen molar-refractivity contribution >= 4 is 27.4 Å². The first-order valence-electron chi connectivity index (χ1n) is 4.22. The summed E-state index contributed by atoms with van der Waals surface area (Å²) in [5, 5.41) is 13.7. The summed E-state index contributed by atoms with van der Waals surface area (Å²) in [6.45, 7) is 0.521. The van der Waals surface area contributed by atoms with Crippen LogP contribution >= 0.6 is 11.3 Å². The minimum atomic E-state index is -0.494. The number of nitrogens with two attached hydrogens (primary N) is 1. The maximum atomic E-state index is 10.4. The van der Waals surface area contributed by atoms with E-state index in [0.29, 0.717) is 24.5 Å². The highest BCUT2D eigenvalue weighted by molar-refractivity contribution is 7.18. The predicted molar refractivity (Wildman–Crippen MR) is 55.7 cm³/mol. The van der Waals surface area contributed by atoms with Gasteiger partial charge in [-0.05, 0) is 17.8 Å². The average Bonchev–Trinajstić information content (AvgIpc) is 2.60. The Hall–Kier alpha value is -1.70. The van der Waals surface area contributed by atoms with E-state index >= 15 is 0 Å². The van der Waals surface area contributed by atoms with Gasteiger partial charge in [0.2, 0.25) is 5.91 Å². The van der Waals surface area contributed by atoms with Gasteiger partial charge in [0.25, 0.3) is 0 Å². The van der Waals surface area contributed by atoms with Crippen molar-refractivity contribution in [3.8, 4) is 0 Å². The lowest BCUT2D eigenvalue weighted by atomic mass is 10.3. The average molecular weight is 230 g/mol. The minimum absolute atomic E-state index is 0.00704. The summed E-state index contributed by atoms with van der Waals surface area (Å²) in [4.78, 5) is 24.0. The molecule has 1 heterocycles. The number of carbonyl (C=O) groups excluding carboxylic acids is 1. The van der Waals surface area contributed by atoms with Gasteiger partial charge < -0.3 is 11.1 Å². The molecule has 82 valence electrons. The number of nitrogens with one attached hydrogen (secondary N) is 1. The van der Waals surface area contributed by atoms with Gasteiger partial charge in [-0.1, -0.05) is 0 Å². The molecule has 1 aromatic rings. The lowest BCUT2D eigenvalue weighted by Gasteiger charge is -1.99. The van der Waals surface area contributed by atoms with Crippen LogP contribution in [0.2, 0.25) is 0 Å². The molecule has 1 rings (SSSR count). The number of primary amides is 1. The standard InChI is InChI=1S/C7H10N4O3S/c8-5(12)2-1-3-9-7-10-4-6(15-7)11(13)14/h4H,1-3H2,(H2,8,12)(H,9,10). The molecule has 0 aliphatic rings. The van der Waals surface area contributed by atoms with Crippen molar-refractivity contribution in [1.29, 1.82) is 0 Å². The van der Waals surface area contributed by atoms with Crippen LogP contribution in [0.1, 0.15) is 12.8 Å².